The van der Waals surface area contributed by atoms with Gasteiger partial charge in [0, 0.05) is 6.04 Å². The smallest absolute Gasteiger partial charge is 0.116 e. The highest BCUT2D eigenvalue weighted by Gasteiger charge is 2.20. The lowest BCUT2D eigenvalue weighted by Crippen LogP contribution is -2.23. The van der Waals surface area contributed by atoms with Gasteiger partial charge in [0.1, 0.15) is 6.17 Å². The van der Waals surface area contributed by atoms with Crippen LogP contribution in [0, 0.1) is 0 Å². The van der Waals surface area contributed by atoms with Crippen molar-refractivity contribution in [3.8, 4) is 0 Å². The van der Waals surface area contributed by atoms with Gasteiger partial charge in [-0.2, -0.15) is 0 Å². The van der Waals surface area contributed by atoms with Crippen molar-refractivity contribution < 1.29 is 4.39 Å². The number of alkyl halides is 1. The minimum absolute atomic E-state index is 0.0972. The van der Waals surface area contributed by atoms with Crippen LogP contribution in [0.2, 0.25) is 0 Å². The Morgan fingerprint density at radius 3 is 2.57 bits per heavy atom. The first-order valence-electron chi connectivity index (χ1n) is 2.68. The summed E-state index contributed by atoms with van der Waals surface area (Å²) in [6.07, 6.45) is 0.0984. The molecule has 1 heterocycles. The van der Waals surface area contributed by atoms with Gasteiger partial charge in [-0.1, -0.05) is 0 Å². The van der Waals surface area contributed by atoms with E-state index in [0.717, 1.165) is 6.54 Å². The average Bonchev–Trinajstić information content (AvgIpc) is 1.91. The maximum absolute atomic E-state index is 12.3. The Kier molecular flexibility index (Phi) is 1.28. The molecule has 1 N–H and O–H groups in total. The van der Waals surface area contributed by atoms with Gasteiger partial charge in [0.05, 0.1) is 0 Å². The molecular formula is C5H10FN. The van der Waals surface area contributed by atoms with Crippen LogP contribution >= 0.6 is 0 Å². The zero-order valence-electron chi connectivity index (χ0n) is 4.45. The summed E-state index contributed by atoms with van der Waals surface area (Å²) in [4.78, 5) is 0. The monoisotopic (exact) mass is 103 g/mol. The van der Waals surface area contributed by atoms with Crippen molar-refractivity contribution in [1.29, 1.82) is 0 Å². The Labute approximate surface area is 42.9 Å². The standard InChI is InChI=1S/C5H10FN/c1-4-5(6)2-3-7-4/h4-5,7H,2-3H2,1H3/t4-,5-/m1/s1. The summed E-state index contributed by atoms with van der Waals surface area (Å²) in [5.41, 5.74) is 0. The van der Waals surface area contributed by atoms with Crippen LogP contribution in [-0.4, -0.2) is 18.8 Å². The summed E-state index contributed by atoms with van der Waals surface area (Å²) in [5.74, 6) is 0. The summed E-state index contributed by atoms with van der Waals surface area (Å²) < 4.78 is 12.3. The number of halogens is 1. The molecule has 0 aromatic heterocycles. The quantitative estimate of drug-likeness (QED) is 0.476. The molecule has 1 aliphatic rings. The van der Waals surface area contributed by atoms with Crippen LogP contribution in [0.5, 0.6) is 0 Å². The van der Waals surface area contributed by atoms with E-state index in [2.05, 4.69) is 5.32 Å². The van der Waals surface area contributed by atoms with E-state index in [9.17, 15) is 4.39 Å². The highest BCUT2D eigenvalue weighted by molar-refractivity contribution is 4.78. The van der Waals surface area contributed by atoms with Crippen LogP contribution in [0.15, 0.2) is 0 Å². The van der Waals surface area contributed by atoms with Gasteiger partial charge >= 0.3 is 0 Å². The van der Waals surface area contributed by atoms with E-state index in [4.69, 9.17) is 0 Å². The van der Waals surface area contributed by atoms with Crippen molar-refractivity contribution in [2.24, 2.45) is 0 Å². The highest BCUT2D eigenvalue weighted by atomic mass is 19.1. The Morgan fingerprint density at radius 2 is 2.43 bits per heavy atom. The molecule has 1 saturated heterocycles. The van der Waals surface area contributed by atoms with E-state index in [1.165, 1.54) is 0 Å². The molecule has 1 fully saturated rings. The topological polar surface area (TPSA) is 12.0 Å². The third-order valence-corrected chi connectivity index (χ3v) is 1.43. The molecule has 1 aliphatic heterocycles. The van der Waals surface area contributed by atoms with Gasteiger partial charge < -0.3 is 5.32 Å². The molecule has 0 aliphatic carbocycles. The van der Waals surface area contributed by atoms with E-state index in [0.29, 0.717) is 6.42 Å². The second-order valence-corrected chi connectivity index (χ2v) is 2.05. The summed E-state index contributed by atoms with van der Waals surface area (Å²) >= 11 is 0. The van der Waals surface area contributed by atoms with Crippen LogP contribution in [0.4, 0.5) is 4.39 Å². The number of nitrogens with one attached hydrogen (secondary N) is 1. The second-order valence-electron chi connectivity index (χ2n) is 2.05. The minimum atomic E-state index is -0.597. The normalized spacial score (nSPS) is 42.0. The highest BCUT2D eigenvalue weighted by Crippen LogP contribution is 2.08. The maximum atomic E-state index is 12.3. The zero-order chi connectivity index (χ0) is 5.28. The first-order chi connectivity index (χ1) is 3.30. The number of hydrogen-bond acceptors (Lipinski definition) is 1. The minimum Gasteiger partial charge on any atom is -0.311 e. The Bertz CT molecular complexity index is 57.1. The van der Waals surface area contributed by atoms with Crippen LogP contribution < -0.4 is 5.32 Å². The van der Waals surface area contributed by atoms with Gasteiger partial charge in [-0.25, -0.2) is 4.39 Å². The van der Waals surface area contributed by atoms with Crippen LogP contribution in [0.25, 0.3) is 0 Å². The summed E-state index contributed by atoms with van der Waals surface area (Å²) in [6.45, 7) is 2.72. The lowest BCUT2D eigenvalue weighted by molar-refractivity contribution is 0.313. The van der Waals surface area contributed by atoms with Crippen molar-refractivity contribution in [1.82, 2.24) is 5.32 Å². The summed E-state index contributed by atoms with van der Waals surface area (Å²) in [6, 6.07) is 0.0972. The molecule has 0 spiro atoms. The fourth-order valence-electron chi connectivity index (χ4n) is 0.827. The fraction of sp³-hybridized carbons (Fsp3) is 1.00. The van der Waals surface area contributed by atoms with Crippen molar-refractivity contribution in [2.45, 2.75) is 25.6 Å². The average molecular weight is 103 g/mol. The van der Waals surface area contributed by atoms with Gasteiger partial charge in [0.25, 0.3) is 0 Å². The van der Waals surface area contributed by atoms with Crippen LogP contribution in [0.1, 0.15) is 13.3 Å². The van der Waals surface area contributed by atoms with E-state index < -0.39 is 6.17 Å². The summed E-state index contributed by atoms with van der Waals surface area (Å²) in [5, 5.41) is 2.99. The zero-order valence-corrected chi connectivity index (χ0v) is 4.45. The van der Waals surface area contributed by atoms with Crippen LogP contribution in [0.3, 0.4) is 0 Å². The largest absolute Gasteiger partial charge is 0.311 e. The van der Waals surface area contributed by atoms with E-state index >= 15 is 0 Å². The molecule has 0 bridgehead atoms. The van der Waals surface area contributed by atoms with Crippen molar-refractivity contribution in [3.05, 3.63) is 0 Å². The summed E-state index contributed by atoms with van der Waals surface area (Å²) in [7, 11) is 0. The van der Waals surface area contributed by atoms with E-state index in [-0.39, 0.29) is 6.04 Å². The SMILES string of the molecule is C[C@H]1NCC[C@H]1F. The molecule has 0 saturated carbocycles. The van der Waals surface area contributed by atoms with Gasteiger partial charge in [-0.15, -0.1) is 0 Å². The third kappa shape index (κ3) is 0.911. The van der Waals surface area contributed by atoms with E-state index in [1.807, 2.05) is 6.92 Å². The van der Waals surface area contributed by atoms with E-state index in [1.54, 1.807) is 0 Å². The van der Waals surface area contributed by atoms with Crippen molar-refractivity contribution in [3.63, 3.8) is 0 Å². The van der Waals surface area contributed by atoms with Gasteiger partial charge in [0.15, 0.2) is 0 Å². The number of hydrogen-bond donors (Lipinski definition) is 1. The second kappa shape index (κ2) is 1.78. The molecule has 0 unspecified atom stereocenters. The van der Waals surface area contributed by atoms with Gasteiger partial charge in [-0.05, 0) is 19.9 Å². The van der Waals surface area contributed by atoms with Crippen LogP contribution in [-0.2, 0) is 0 Å². The van der Waals surface area contributed by atoms with Crippen molar-refractivity contribution >= 4 is 0 Å². The van der Waals surface area contributed by atoms with Crippen molar-refractivity contribution in [2.75, 3.05) is 6.54 Å². The fourth-order valence-corrected chi connectivity index (χ4v) is 0.827. The maximum Gasteiger partial charge on any atom is 0.116 e. The Balaban J connectivity index is 2.33. The molecule has 7 heavy (non-hydrogen) atoms. The molecular weight excluding hydrogens is 93.1 g/mol. The lowest BCUT2D eigenvalue weighted by atomic mass is 10.2. The molecule has 1 rings (SSSR count). The van der Waals surface area contributed by atoms with Gasteiger partial charge in [0.2, 0.25) is 0 Å². The first-order valence-corrected chi connectivity index (χ1v) is 2.68. The molecule has 0 aromatic rings. The first kappa shape index (κ1) is 5.04. The molecule has 0 aromatic carbocycles. The Morgan fingerprint density at radius 1 is 1.71 bits per heavy atom. The lowest BCUT2D eigenvalue weighted by Gasteiger charge is -2.01. The number of rotatable bonds is 0. The Hall–Kier alpha value is -0.110. The molecule has 2 heteroatoms. The van der Waals surface area contributed by atoms with Gasteiger partial charge in [-0.3, -0.25) is 0 Å². The molecule has 0 radical (unpaired) electrons. The molecule has 0 amide bonds. The molecule has 1 nitrogen and oxygen atoms in total. The molecule has 2 atom stereocenters. The third-order valence-electron chi connectivity index (χ3n) is 1.43. The molecule has 42 valence electrons. The predicted molar refractivity (Wildman–Crippen MR) is 27.0 cm³/mol. The predicted octanol–water partition coefficient (Wildman–Crippen LogP) is 0.706.